The summed E-state index contributed by atoms with van der Waals surface area (Å²) in [6.45, 7) is 2.02. The fourth-order valence-electron chi connectivity index (χ4n) is 2.68. The first kappa shape index (κ1) is 23.3. The molecule has 32 heavy (non-hydrogen) atoms. The van der Waals surface area contributed by atoms with Crippen LogP contribution < -0.4 is 15.3 Å². The van der Waals surface area contributed by atoms with Crippen molar-refractivity contribution in [1.82, 2.24) is 20.2 Å². The zero-order valence-electron chi connectivity index (χ0n) is 17.0. The summed E-state index contributed by atoms with van der Waals surface area (Å²) in [6, 6.07) is 14.0. The maximum absolute atomic E-state index is 12.2. The molecule has 0 spiro atoms. The molecule has 0 saturated carbocycles. The smallest absolute Gasteiger partial charge is 0.250 e. The second kappa shape index (κ2) is 11.3. The van der Waals surface area contributed by atoms with Crippen LogP contribution in [-0.2, 0) is 16.1 Å². The lowest BCUT2D eigenvalue weighted by atomic mass is 10.2. The van der Waals surface area contributed by atoms with Crippen LogP contribution in [0, 0.1) is 0 Å². The van der Waals surface area contributed by atoms with Crippen LogP contribution in [0.1, 0.15) is 12.5 Å². The van der Waals surface area contributed by atoms with Gasteiger partial charge >= 0.3 is 0 Å². The van der Waals surface area contributed by atoms with Gasteiger partial charge < -0.3 is 19.2 Å². The van der Waals surface area contributed by atoms with Crippen LogP contribution in [-0.4, -0.2) is 45.2 Å². The zero-order valence-corrected chi connectivity index (χ0v) is 18.6. The van der Waals surface area contributed by atoms with E-state index in [1.807, 2.05) is 23.6 Å². The maximum Gasteiger partial charge on any atom is 0.250 e. The Morgan fingerprint density at radius 3 is 2.69 bits per heavy atom. The molecule has 0 bridgehead atoms. The second-order valence-electron chi connectivity index (χ2n) is 6.34. The molecule has 0 atom stereocenters. The van der Waals surface area contributed by atoms with Crippen molar-refractivity contribution in [3.05, 3.63) is 59.1 Å². The number of para-hydroxylation sites is 1. The molecule has 0 fully saturated rings. The first-order valence-corrected chi connectivity index (χ1v) is 10.9. The number of thioether (sulfide) groups is 1. The molecular formula is C21H19ClN5O4S-. The number of amides is 1. The molecule has 0 radical (unpaired) electrons. The van der Waals surface area contributed by atoms with Crippen molar-refractivity contribution in [2.75, 3.05) is 12.4 Å². The Labute approximate surface area is 193 Å². The Balaban J connectivity index is 1.58. The summed E-state index contributed by atoms with van der Waals surface area (Å²) in [5.74, 6) is -0.578. The minimum absolute atomic E-state index is 0.0823. The normalized spacial score (nSPS) is 10.9. The number of nitrogens with one attached hydrogen (secondary N) is 1. The van der Waals surface area contributed by atoms with Gasteiger partial charge in [-0.15, -0.1) is 10.2 Å². The first-order chi connectivity index (χ1) is 15.5. The zero-order chi connectivity index (χ0) is 22.9. The van der Waals surface area contributed by atoms with Crippen LogP contribution in [0.15, 0.2) is 58.8 Å². The summed E-state index contributed by atoms with van der Waals surface area (Å²) in [7, 11) is 0. The molecule has 0 aliphatic heterocycles. The molecule has 0 aliphatic rings. The summed E-state index contributed by atoms with van der Waals surface area (Å²) in [5, 5.41) is 24.1. The highest BCUT2D eigenvalue weighted by atomic mass is 35.5. The van der Waals surface area contributed by atoms with Crippen molar-refractivity contribution in [2.45, 2.75) is 18.6 Å². The predicted molar refractivity (Wildman–Crippen MR) is 120 cm³/mol. The van der Waals surface area contributed by atoms with Gasteiger partial charge in [-0.1, -0.05) is 35.5 Å². The minimum Gasteiger partial charge on any atom is -0.546 e. The third-order valence-corrected chi connectivity index (χ3v) is 5.34. The van der Waals surface area contributed by atoms with Gasteiger partial charge in [-0.3, -0.25) is 4.79 Å². The fourth-order valence-corrected chi connectivity index (χ4v) is 3.61. The maximum atomic E-state index is 12.2. The highest BCUT2D eigenvalue weighted by Crippen LogP contribution is 2.25. The Morgan fingerprint density at radius 2 is 1.97 bits per heavy atom. The van der Waals surface area contributed by atoms with Gasteiger partial charge in [0.25, 0.3) is 5.91 Å². The van der Waals surface area contributed by atoms with Crippen molar-refractivity contribution >= 4 is 41.5 Å². The monoisotopic (exact) mass is 472 g/mol. The molecule has 1 heterocycles. The van der Waals surface area contributed by atoms with Crippen LogP contribution in [0.3, 0.4) is 0 Å². The van der Waals surface area contributed by atoms with E-state index in [-0.39, 0.29) is 11.7 Å². The number of nitrogens with zero attached hydrogens (tertiary/aromatic N) is 4. The lowest BCUT2D eigenvalue weighted by Crippen LogP contribution is -2.29. The van der Waals surface area contributed by atoms with Crippen molar-refractivity contribution in [2.24, 2.45) is 5.10 Å². The van der Waals surface area contributed by atoms with E-state index in [1.54, 1.807) is 36.4 Å². The van der Waals surface area contributed by atoms with Crippen LogP contribution in [0.2, 0.25) is 5.02 Å². The number of hydrazone groups is 1. The van der Waals surface area contributed by atoms with E-state index in [9.17, 15) is 14.7 Å². The number of aliphatic carboxylic acids is 1. The van der Waals surface area contributed by atoms with E-state index in [1.165, 1.54) is 18.0 Å². The van der Waals surface area contributed by atoms with Crippen molar-refractivity contribution in [1.29, 1.82) is 0 Å². The van der Waals surface area contributed by atoms with Gasteiger partial charge in [0, 0.05) is 22.7 Å². The molecule has 11 heteroatoms. The summed E-state index contributed by atoms with van der Waals surface area (Å²) in [4.78, 5) is 22.8. The number of rotatable bonds is 10. The summed E-state index contributed by atoms with van der Waals surface area (Å²) < 4.78 is 7.05. The van der Waals surface area contributed by atoms with E-state index in [2.05, 4.69) is 20.7 Å². The molecule has 2 aromatic carbocycles. The van der Waals surface area contributed by atoms with E-state index >= 15 is 0 Å². The number of hydrogen-bond donors (Lipinski definition) is 1. The third kappa shape index (κ3) is 6.32. The molecule has 3 aromatic rings. The van der Waals surface area contributed by atoms with Gasteiger partial charge in [0.2, 0.25) is 0 Å². The molecule has 3 rings (SSSR count). The lowest BCUT2D eigenvalue weighted by molar-refractivity contribution is -0.307. The van der Waals surface area contributed by atoms with Gasteiger partial charge in [0.15, 0.2) is 11.0 Å². The number of benzene rings is 2. The Hall–Kier alpha value is -3.37. The average molecular weight is 473 g/mol. The summed E-state index contributed by atoms with van der Waals surface area (Å²) in [6.07, 6.45) is 1.38. The lowest BCUT2D eigenvalue weighted by Gasteiger charge is -2.09. The molecule has 166 valence electrons. The average Bonchev–Trinajstić information content (AvgIpc) is 3.20. The Kier molecular flexibility index (Phi) is 8.23. The highest BCUT2D eigenvalue weighted by molar-refractivity contribution is 7.99. The van der Waals surface area contributed by atoms with E-state index in [4.69, 9.17) is 16.3 Å². The van der Waals surface area contributed by atoms with Crippen molar-refractivity contribution in [3.8, 4) is 17.1 Å². The molecule has 9 nitrogen and oxygen atoms in total. The second-order valence-corrected chi connectivity index (χ2v) is 7.72. The van der Waals surface area contributed by atoms with E-state index < -0.39 is 12.6 Å². The predicted octanol–water partition coefficient (Wildman–Crippen LogP) is 1.99. The number of carbonyl (C=O) groups is 2. The Morgan fingerprint density at radius 1 is 1.22 bits per heavy atom. The number of carboxylic acid groups (broad SMARTS) is 1. The van der Waals surface area contributed by atoms with Gasteiger partial charge in [-0.2, -0.15) is 5.10 Å². The van der Waals surface area contributed by atoms with Crippen molar-refractivity contribution in [3.63, 3.8) is 0 Å². The van der Waals surface area contributed by atoms with Gasteiger partial charge in [0.05, 0.1) is 17.9 Å². The number of carbonyl (C=O) groups excluding carboxylic acids is 2. The van der Waals surface area contributed by atoms with Crippen LogP contribution in [0.4, 0.5) is 0 Å². The topological polar surface area (TPSA) is 122 Å². The quantitative estimate of drug-likeness (QED) is 0.272. The molecule has 1 aromatic heterocycles. The SMILES string of the molecule is CCn1c(SCC(=O)N/N=C/c2ccccc2OCC(=O)[O-])nnc1-c1ccc(Cl)cc1. The number of hydrogen-bond acceptors (Lipinski definition) is 8. The number of ether oxygens (including phenoxy) is 1. The summed E-state index contributed by atoms with van der Waals surface area (Å²) in [5.41, 5.74) is 3.82. The van der Waals surface area contributed by atoms with Crippen LogP contribution in [0.5, 0.6) is 5.75 Å². The number of carboxylic acids is 1. The summed E-state index contributed by atoms with van der Waals surface area (Å²) >= 11 is 7.18. The molecular weight excluding hydrogens is 454 g/mol. The van der Waals surface area contributed by atoms with Gasteiger partial charge in [-0.25, -0.2) is 5.43 Å². The fraction of sp³-hybridized carbons (Fsp3) is 0.190. The van der Waals surface area contributed by atoms with Gasteiger partial charge in [-0.05, 0) is 43.3 Å². The molecule has 1 N–H and O–H groups in total. The minimum atomic E-state index is -1.33. The molecule has 1 amide bonds. The Bertz CT molecular complexity index is 1120. The van der Waals surface area contributed by atoms with Crippen LogP contribution >= 0.6 is 23.4 Å². The number of halogens is 1. The highest BCUT2D eigenvalue weighted by Gasteiger charge is 2.14. The first-order valence-electron chi connectivity index (χ1n) is 9.53. The van der Waals surface area contributed by atoms with Gasteiger partial charge in [0.1, 0.15) is 12.4 Å². The molecule has 0 aliphatic carbocycles. The van der Waals surface area contributed by atoms with Crippen molar-refractivity contribution < 1.29 is 19.4 Å². The molecule has 0 saturated heterocycles. The van der Waals surface area contributed by atoms with E-state index in [0.717, 1.165) is 5.56 Å². The standard InChI is InChI=1S/C21H20ClN5O4S/c1-2-27-20(14-7-9-16(22)10-8-14)25-26-21(27)32-13-18(28)24-23-11-15-5-3-4-6-17(15)31-12-19(29)30/h3-11H,2,12-13H2,1H3,(H,24,28)(H,29,30)/p-1/b23-11+. The molecule has 0 unspecified atom stereocenters. The van der Waals surface area contributed by atoms with E-state index in [0.29, 0.717) is 33.9 Å². The third-order valence-electron chi connectivity index (χ3n) is 4.13. The van der Waals surface area contributed by atoms with Crippen LogP contribution in [0.25, 0.3) is 11.4 Å². The largest absolute Gasteiger partial charge is 0.546 e. The number of aromatic nitrogens is 3.